The van der Waals surface area contributed by atoms with Gasteiger partial charge in [-0.2, -0.15) is 0 Å². The van der Waals surface area contributed by atoms with E-state index < -0.39 is 24.0 Å². The Bertz CT molecular complexity index is 2710. The maximum Gasteiger partial charge on any atom is 0.0716 e. The van der Waals surface area contributed by atoms with Gasteiger partial charge < -0.3 is 29.1 Å². The molecule has 1 fully saturated rings. The molecule has 0 bridgehead atoms. The first-order valence-electron chi connectivity index (χ1n) is 19.3. The van der Waals surface area contributed by atoms with E-state index >= 15 is 0 Å². The van der Waals surface area contributed by atoms with Crippen LogP contribution in [0.3, 0.4) is 0 Å². The van der Waals surface area contributed by atoms with Crippen LogP contribution in [0.2, 0.25) is 0 Å². The summed E-state index contributed by atoms with van der Waals surface area (Å²) in [7, 11) is 4.11. The highest BCUT2D eigenvalue weighted by Gasteiger charge is 2.47. The molecule has 0 radical (unpaired) electrons. The zero-order chi connectivity index (χ0) is 37.7. The fourth-order valence-corrected chi connectivity index (χ4v) is 9.40. The van der Waals surface area contributed by atoms with Crippen molar-refractivity contribution < 1.29 is 10.2 Å². The van der Waals surface area contributed by atoms with Gasteiger partial charge in [0.2, 0.25) is 0 Å². The lowest BCUT2D eigenvalue weighted by molar-refractivity contribution is -0.109. The molecule has 56 heavy (non-hydrogen) atoms. The number of allylic oxidation sites excluding steroid dienone is 4. The number of aromatic nitrogens is 2. The number of benzene rings is 6. The van der Waals surface area contributed by atoms with Crippen LogP contribution in [-0.2, 0) is 0 Å². The summed E-state index contributed by atoms with van der Waals surface area (Å²) < 4.78 is 4.66. The second-order valence-electron chi connectivity index (χ2n) is 15.4. The van der Waals surface area contributed by atoms with Gasteiger partial charge in [-0.3, -0.25) is 0 Å². The predicted octanol–water partition coefficient (Wildman–Crippen LogP) is 10.2. The van der Waals surface area contributed by atoms with Gasteiger partial charge in [-0.15, -0.1) is 0 Å². The van der Waals surface area contributed by atoms with Crippen LogP contribution in [0.25, 0.3) is 66.1 Å². The minimum Gasteiger partial charge on any atom is -0.392 e. The van der Waals surface area contributed by atoms with Crippen molar-refractivity contribution in [3.8, 4) is 11.4 Å². The summed E-state index contributed by atoms with van der Waals surface area (Å²) in [6.45, 7) is 0. The van der Waals surface area contributed by atoms with E-state index in [1.54, 1.807) is 0 Å². The van der Waals surface area contributed by atoms with Gasteiger partial charge in [0.15, 0.2) is 0 Å². The molecule has 0 unspecified atom stereocenters. The maximum absolute atomic E-state index is 11.8. The van der Waals surface area contributed by atoms with Crippen LogP contribution >= 0.6 is 0 Å². The Labute approximate surface area is 325 Å². The van der Waals surface area contributed by atoms with Crippen LogP contribution in [0, 0.1) is 11.8 Å². The molecule has 272 valence electrons. The van der Waals surface area contributed by atoms with Crippen LogP contribution in [0.15, 0.2) is 170 Å². The molecule has 2 aliphatic heterocycles. The molecule has 2 aromatic heterocycles. The lowest BCUT2D eigenvalue weighted by Crippen LogP contribution is -2.53. The molecule has 3 aliphatic rings. The highest BCUT2D eigenvalue weighted by molar-refractivity contribution is 6.10. The second kappa shape index (κ2) is 12.5. The Morgan fingerprint density at radius 2 is 0.786 bits per heavy atom. The fourth-order valence-electron chi connectivity index (χ4n) is 9.40. The molecule has 2 N–H and O–H groups in total. The zero-order valence-corrected chi connectivity index (χ0v) is 31.2. The molecule has 4 heterocycles. The number of fused-ring (bicyclic) bond motifs is 8. The van der Waals surface area contributed by atoms with Crippen molar-refractivity contribution in [2.24, 2.45) is 11.8 Å². The molecule has 6 heteroatoms. The van der Waals surface area contributed by atoms with E-state index in [9.17, 15) is 10.2 Å². The number of para-hydroxylation sites is 4. The van der Waals surface area contributed by atoms with Gasteiger partial charge in [0.05, 0.1) is 34.3 Å². The summed E-state index contributed by atoms with van der Waals surface area (Å²) in [5.41, 5.74) is 13.1. The van der Waals surface area contributed by atoms with E-state index in [2.05, 4.69) is 203 Å². The Morgan fingerprint density at radius 1 is 0.446 bits per heavy atom. The third kappa shape index (κ3) is 4.83. The Morgan fingerprint density at radius 3 is 1.14 bits per heavy atom. The van der Waals surface area contributed by atoms with Gasteiger partial charge in [0.1, 0.15) is 0 Å². The molecule has 0 amide bonds. The second-order valence-corrected chi connectivity index (χ2v) is 15.4. The van der Waals surface area contributed by atoms with Crippen molar-refractivity contribution in [2.45, 2.75) is 12.2 Å². The monoisotopic (exact) mass is 728 g/mol. The summed E-state index contributed by atoms with van der Waals surface area (Å²) in [4.78, 5) is 4.25. The lowest BCUT2D eigenvalue weighted by Gasteiger charge is -2.44. The number of anilines is 2. The lowest BCUT2D eigenvalue weighted by atomic mass is 9.67. The molecule has 0 spiro atoms. The molecule has 0 saturated heterocycles. The summed E-state index contributed by atoms with van der Waals surface area (Å²) in [6, 6.07) is 47.4. The number of hydrogen-bond donors (Lipinski definition) is 2. The molecule has 0 atom stereocenters. The minimum atomic E-state index is -0.737. The molecule has 6 aromatic carbocycles. The first-order valence-corrected chi connectivity index (χ1v) is 19.3. The number of aliphatic hydroxyl groups excluding tert-OH is 2. The standard InChI is InChI=1S/C50H40N4O2/c1-51-25-23-31(39-29-33(19-21-43(39)51)53-45-15-7-3-11-35(45)36-12-4-8-16-46(36)53)27-41-49(55)42(50(41)56)28-32-24-26-52(2)44-22-20-34(30-40(32)44)54-47-17-9-5-13-37(47)38-14-6-10-18-48(38)54/h3-30,41-42,49-50,55-56H,1-2H3/b31-27+,32-28+. The van der Waals surface area contributed by atoms with E-state index in [0.29, 0.717) is 0 Å². The van der Waals surface area contributed by atoms with E-state index in [1.807, 2.05) is 0 Å². The molecule has 1 saturated carbocycles. The van der Waals surface area contributed by atoms with Crippen molar-refractivity contribution in [2.75, 3.05) is 23.9 Å². The average Bonchev–Trinajstić information content (AvgIpc) is 3.76. The van der Waals surface area contributed by atoms with E-state index in [-0.39, 0.29) is 0 Å². The van der Waals surface area contributed by atoms with Crippen LogP contribution in [0.5, 0.6) is 0 Å². The Kier molecular flexibility index (Phi) is 7.30. The zero-order valence-electron chi connectivity index (χ0n) is 31.2. The van der Waals surface area contributed by atoms with Crippen molar-refractivity contribution in [3.63, 3.8) is 0 Å². The molecular formula is C50H40N4O2. The van der Waals surface area contributed by atoms with Gasteiger partial charge in [-0.1, -0.05) is 84.9 Å². The summed E-state index contributed by atoms with van der Waals surface area (Å²) in [5, 5.41) is 28.4. The first kappa shape index (κ1) is 32.8. The van der Waals surface area contributed by atoms with Gasteiger partial charge in [0.25, 0.3) is 0 Å². The molecule has 8 aromatic rings. The number of hydrogen-bond acceptors (Lipinski definition) is 4. The highest BCUT2D eigenvalue weighted by Crippen LogP contribution is 2.45. The van der Waals surface area contributed by atoms with Gasteiger partial charge >= 0.3 is 0 Å². The van der Waals surface area contributed by atoms with Crippen molar-refractivity contribution in [3.05, 3.63) is 181 Å². The topological polar surface area (TPSA) is 56.8 Å². The summed E-state index contributed by atoms with van der Waals surface area (Å²) in [6.07, 6.45) is 11.0. The van der Waals surface area contributed by atoms with Crippen molar-refractivity contribution in [1.82, 2.24) is 9.13 Å². The average molecular weight is 729 g/mol. The number of nitrogens with zero attached hydrogens (tertiary/aromatic N) is 4. The molecule has 11 rings (SSSR count). The SMILES string of the molecule is CN1C=C/C(=C\C2C(O)C(/C=C3\C=CN(C)c4ccc(-n5c6ccccc6c6ccccc65)cc43)C2O)c2cc(-n3c4ccccc4c4ccccc43)ccc21. The van der Waals surface area contributed by atoms with Crippen LogP contribution in [0.4, 0.5) is 11.4 Å². The number of rotatable bonds is 4. The fraction of sp³-hybridized carbons (Fsp3) is 0.120. The van der Waals surface area contributed by atoms with Crippen LogP contribution < -0.4 is 9.80 Å². The summed E-state index contributed by atoms with van der Waals surface area (Å²) in [5.74, 6) is -0.827. The third-order valence-electron chi connectivity index (χ3n) is 12.3. The largest absolute Gasteiger partial charge is 0.392 e. The quantitative estimate of drug-likeness (QED) is 0.190. The smallest absolute Gasteiger partial charge is 0.0716 e. The van der Waals surface area contributed by atoms with E-state index in [0.717, 1.165) is 67.1 Å². The normalized spacial score (nSPS) is 21.8. The Hall–Kier alpha value is -6.60. The van der Waals surface area contributed by atoms with E-state index in [4.69, 9.17) is 0 Å². The first-order chi connectivity index (χ1) is 27.4. The van der Waals surface area contributed by atoms with Crippen LogP contribution in [0.1, 0.15) is 11.1 Å². The highest BCUT2D eigenvalue weighted by atomic mass is 16.3. The minimum absolute atomic E-state index is 0.414. The Balaban J connectivity index is 0.945. The third-order valence-corrected chi connectivity index (χ3v) is 12.3. The molecule has 6 nitrogen and oxygen atoms in total. The maximum atomic E-state index is 11.8. The number of aliphatic hydroxyl groups is 2. The van der Waals surface area contributed by atoms with Gasteiger partial charge in [0, 0.05) is 93.8 Å². The van der Waals surface area contributed by atoms with E-state index in [1.165, 1.54) is 21.5 Å². The predicted molar refractivity (Wildman–Crippen MR) is 232 cm³/mol. The van der Waals surface area contributed by atoms with Gasteiger partial charge in [-0.05, 0) is 84.0 Å². The molecule has 1 aliphatic carbocycles. The van der Waals surface area contributed by atoms with Crippen molar-refractivity contribution >= 4 is 66.1 Å². The summed E-state index contributed by atoms with van der Waals surface area (Å²) >= 11 is 0. The van der Waals surface area contributed by atoms with Gasteiger partial charge in [-0.25, -0.2) is 0 Å². The van der Waals surface area contributed by atoms with Crippen LogP contribution in [-0.4, -0.2) is 45.7 Å². The molecular weight excluding hydrogens is 689 g/mol. The van der Waals surface area contributed by atoms with Crippen molar-refractivity contribution in [1.29, 1.82) is 0 Å².